The van der Waals surface area contributed by atoms with Crippen molar-refractivity contribution in [2.75, 3.05) is 19.3 Å². The Hall–Kier alpha value is -0.820. The fourth-order valence-corrected chi connectivity index (χ4v) is 2.73. The molecule has 0 saturated carbocycles. The van der Waals surface area contributed by atoms with Crippen molar-refractivity contribution in [3.63, 3.8) is 0 Å². The highest BCUT2D eigenvalue weighted by atomic mass is 32.2. The molecule has 0 radical (unpaired) electrons. The summed E-state index contributed by atoms with van der Waals surface area (Å²) < 4.78 is 30.2. The Labute approximate surface area is 109 Å². The highest BCUT2D eigenvalue weighted by Gasteiger charge is 2.35. The van der Waals surface area contributed by atoms with Gasteiger partial charge in [0.15, 0.2) is 0 Å². The molecular weight excluding hydrogens is 256 g/mol. The van der Waals surface area contributed by atoms with E-state index in [-0.39, 0.29) is 12.0 Å². The van der Waals surface area contributed by atoms with Gasteiger partial charge in [-0.25, -0.2) is 17.9 Å². The van der Waals surface area contributed by atoms with Crippen molar-refractivity contribution in [2.45, 2.75) is 39.3 Å². The van der Waals surface area contributed by atoms with Crippen LogP contribution in [0.15, 0.2) is 0 Å². The van der Waals surface area contributed by atoms with E-state index >= 15 is 0 Å². The number of rotatable bonds is 2. The van der Waals surface area contributed by atoms with Crippen LogP contribution in [0.2, 0.25) is 0 Å². The van der Waals surface area contributed by atoms with Crippen molar-refractivity contribution in [1.82, 2.24) is 9.62 Å². The molecule has 0 unspecified atom stereocenters. The van der Waals surface area contributed by atoms with Crippen molar-refractivity contribution in [1.29, 1.82) is 0 Å². The number of nitrogens with one attached hydrogen (secondary N) is 1. The molecule has 1 N–H and O–H groups in total. The van der Waals surface area contributed by atoms with Gasteiger partial charge < -0.3 is 9.64 Å². The van der Waals surface area contributed by atoms with E-state index in [9.17, 15) is 13.2 Å². The first-order valence-corrected chi connectivity index (χ1v) is 7.82. The summed E-state index contributed by atoms with van der Waals surface area (Å²) in [6.45, 7) is 8.17. The van der Waals surface area contributed by atoms with Crippen molar-refractivity contribution in [3.8, 4) is 0 Å². The van der Waals surface area contributed by atoms with E-state index in [2.05, 4.69) is 4.72 Å². The lowest BCUT2D eigenvalue weighted by molar-refractivity contribution is 0.0287. The van der Waals surface area contributed by atoms with Crippen molar-refractivity contribution < 1.29 is 17.9 Å². The van der Waals surface area contributed by atoms with Crippen molar-refractivity contribution in [3.05, 3.63) is 0 Å². The molecule has 0 aromatic rings. The molecule has 1 rings (SSSR count). The Morgan fingerprint density at radius 3 is 2.33 bits per heavy atom. The molecule has 0 aliphatic carbocycles. The van der Waals surface area contributed by atoms with Crippen LogP contribution in [-0.2, 0) is 14.8 Å². The number of hydrogen-bond donors (Lipinski definition) is 1. The van der Waals surface area contributed by atoms with Crippen LogP contribution >= 0.6 is 0 Å². The molecule has 106 valence electrons. The van der Waals surface area contributed by atoms with E-state index in [0.717, 1.165) is 6.26 Å². The Morgan fingerprint density at radius 1 is 1.33 bits per heavy atom. The molecule has 1 fully saturated rings. The number of carbonyl (C=O) groups is 1. The number of hydrogen-bond acceptors (Lipinski definition) is 4. The van der Waals surface area contributed by atoms with Gasteiger partial charge in [-0.1, -0.05) is 6.92 Å². The molecule has 18 heavy (non-hydrogen) atoms. The highest BCUT2D eigenvalue weighted by Crippen LogP contribution is 2.20. The summed E-state index contributed by atoms with van der Waals surface area (Å²) in [5.74, 6) is 0.0762. The molecule has 0 aromatic heterocycles. The number of likely N-dealkylation sites (tertiary alicyclic amines) is 1. The van der Waals surface area contributed by atoms with E-state index in [0.29, 0.717) is 13.1 Å². The lowest BCUT2D eigenvalue weighted by Gasteiger charge is -2.24. The van der Waals surface area contributed by atoms with Crippen LogP contribution in [0.25, 0.3) is 0 Å². The highest BCUT2D eigenvalue weighted by molar-refractivity contribution is 7.88. The first-order chi connectivity index (χ1) is 7.98. The second-order valence-electron chi connectivity index (χ2n) is 5.86. The lowest BCUT2D eigenvalue weighted by atomic mass is 10.1. The SMILES string of the molecule is C[C@@H]1CN(C(=O)OC(C)(C)C)C[C@H]1NS(C)(=O)=O. The van der Waals surface area contributed by atoms with Crippen LogP contribution in [0.4, 0.5) is 4.79 Å². The molecule has 1 aliphatic heterocycles. The molecule has 0 aromatic carbocycles. The first-order valence-electron chi connectivity index (χ1n) is 5.93. The Bertz CT molecular complexity index is 413. The van der Waals surface area contributed by atoms with E-state index in [1.165, 1.54) is 0 Å². The Morgan fingerprint density at radius 2 is 1.89 bits per heavy atom. The van der Waals surface area contributed by atoms with Gasteiger partial charge in [0.05, 0.1) is 6.26 Å². The van der Waals surface area contributed by atoms with E-state index in [1.54, 1.807) is 25.7 Å². The van der Waals surface area contributed by atoms with Crippen molar-refractivity contribution in [2.24, 2.45) is 5.92 Å². The minimum absolute atomic E-state index is 0.0762. The molecule has 2 atom stereocenters. The molecule has 0 bridgehead atoms. The second kappa shape index (κ2) is 5.05. The smallest absolute Gasteiger partial charge is 0.410 e. The standard InChI is InChI=1S/C11H22N2O4S/c1-8-6-13(10(14)17-11(2,3)4)7-9(8)12-18(5,15)16/h8-9,12H,6-7H2,1-5H3/t8-,9-/m1/s1. The summed E-state index contributed by atoms with van der Waals surface area (Å²) >= 11 is 0. The predicted octanol–water partition coefficient (Wildman–Crippen LogP) is 0.791. The molecule has 1 aliphatic rings. The molecule has 0 spiro atoms. The summed E-state index contributed by atoms with van der Waals surface area (Å²) in [5, 5.41) is 0. The van der Waals surface area contributed by atoms with E-state index in [1.807, 2.05) is 6.92 Å². The molecule has 1 amide bonds. The number of amides is 1. The number of nitrogens with zero attached hydrogens (tertiary/aromatic N) is 1. The fourth-order valence-electron chi connectivity index (χ4n) is 1.87. The summed E-state index contributed by atoms with van der Waals surface area (Å²) in [5.41, 5.74) is -0.539. The van der Waals surface area contributed by atoms with Gasteiger partial charge >= 0.3 is 6.09 Å². The van der Waals surface area contributed by atoms with Crippen LogP contribution < -0.4 is 4.72 Å². The van der Waals surface area contributed by atoms with Gasteiger partial charge in [0.25, 0.3) is 0 Å². The van der Waals surface area contributed by atoms with Gasteiger partial charge in [0.2, 0.25) is 10.0 Å². The maximum atomic E-state index is 11.8. The third-order valence-electron chi connectivity index (χ3n) is 2.63. The monoisotopic (exact) mass is 278 g/mol. The lowest BCUT2D eigenvalue weighted by Crippen LogP contribution is -2.40. The average molecular weight is 278 g/mol. The summed E-state index contributed by atoms with van der Waals surface area (Å²) in [7, 11) is -3.25. The largest absolute Gasteiger partial charge is 0.444 e. The maximum absolute atomic E-state index is 11.8. The normalized spacial score (nSPS) is 25.3. The maximum Gasteiger partial charge on any atom is 0.410 e. The minimum Gasteiger partial charge on any atom is -0.444 e. The van der Waals surface area contributed by atoms with Gasteiger partial charge in [-0.05, 0) is 26.7 Å². The second-order valence-corrected chi connectivity index (χ2v) is 7.64. The zero-order valence-electron chi connectivity index (χ0n) is 11.6. The van der Waals surface area contributed by atoms with Crippen LogP contribution in [0.5, 0.6) is 0 Å². The van der Waals surface area contributed by atoms with Gasteiger partial charge in [0.1, 0.15) is 5.60 Å². The van der Waals surface area contributed by atoms with Crippen LogP contribution in [0.3, 0.4) is 0 Å². The average Bonchev–Trinajstić information content (AvgIpc) is 2.42. The minimum atomic E-state index is -3.25. The molecular formula is C11H22N2O4S. The quantitative estimate of drug-likeness (QED) is 0.810. The third-order valence-corrected chi connectivity index (χ3v) is 3.36. The zero-order chi connectivity index (χ0) is 14.1. The van der Waals surface area contributed by atoms with Crippen LogP contribution in [-0.4, -0.2) is 50.4 Å². The van der Waals surface area contributed by atoms with Gasteiger partial charge in [0, 0.05) is 19.1 Å². The Kier molecular flexibility index (Phi) is 4.27. The first kappa shape index (κ1) is 15.2. The van der Waals surface area contributed by atoms with Crippen LogP contribution in [0.1, 0.15) is 27.7 Å². The zero-order valence-corrected chi connectivity index (χ0v) is 12.4. The van der Waals surface area contributed by atoms with Gasteiger partial charge in [-0.3, -0.25) is 0 Å². The summed E-state index contributed by atoms with van der Waals surface area (Å²) in [4.78, 5) is 13.4. The summed E-state index contributed by atoms with van der Waals surface area (Å²) in [6, 6.07) is -0.243. The predicted molar refractivity (Wildman–Crippen MR) is 68.7 cm³/mol. The van der Waals surface area contributed by atoms with E-state index in [4.69, 9.17) is 4.74 Å². The van der Waals surface area contributed by atoms with Gasteiger partial charge in [-0.2, -0.15) is 0 Å². The van der Waals surface area contributed by atoms with E-state index < -0.39 is 21.7 Å². The molecule has 7 heteroatoms. The molecule has 1 heterocycles. The molecule has 1 saturated heterocycles. The summed E-state index contributed by atoms with van der Waals surface area (Å²) in [6.07, 6.45) is 0.725. The molecule has 6 nitrogen and oxygen atoms in total. The number of carbonyl (C=O) groups excluding carboxylic acids is 1. The topological polar surface area (TPSA) is 75.7 Å². The Balaban J connectivity index is 2.61. The third kappa shape index (κ3) is 4.81. The van der Waals surface area contributed by atoms with Crippen LogP contribution in [0, 0.1) is 5.92 Å². The van der Waals surface area contributed by atoms with Gasteiger partial charge in [-0.15, -0.1) is 0 Å². The number of sulfonamides is 1. The fraction of sp³-hybridized carbons (Fsp3) is 0.909. The van der Waals surface area contributed by atoms with Crippen molar-refractivity contribution >= 4 is 16.1 Å². The number of ether oxygens (including phenoxy) is 1.